The van der Waals surface area contributed by atoms with Gasteiger partial charge in [-0.15, -0.1) is 0 Å². The minimum atomic E-state index is -2.51. The minimum Gasteiger partial charge on any atom is -0.408 e. The molecule has 3 heterocycles. The van der Waals surface area contributed by atoms with Crippen molar-refractivity contribution in [2.24, 2.45) is 0 Å². The van der Waals surface area contributed by atoms with E-state index in [0.717, 1.165) is 35.4 Å². The summed E-state index contributed by atoms with van der Waals surface area (Å²) in [7, 11) is 0. The summed E-state index contributed by atoms with van der Waals surface area (Å²) in [6.07, 6.45) is 2.02. The number of aromatic nitrogens is 1. The van der Waals surface area contributed by atoms with Crippen molar-refractivity contribution in [3.8, 4) is 0 Å². The lowest BCUT2D eigenvalue weighted by Crippen LogP contribution is -2.45. The zero-order chi connectivity index (χ0) is 25.8. The van der Waals surface area contributed by atoms with Gasteiger partial charge in [-0.1, -0.05) is 18.2 Å². The van der Waals surface area contributed by atoms with Crippen LogP contribution in [0.3, 0.4) is 0 Å². The van der Waals surface area contributed by atoms with E-state index in [1.807, 2.05) is 18.2 Å². The molecule has 3 aromatic rings. The van der Waals surface area contributed by atoms with Crippen LogP contribution in [0.4, 0.5) is 4.39 Å². The average molecular weight is 429 g/mol. The molecule has 2 fully saturated rings. The molecular formula is C24H26FN3O3. The van der Waals surface area contributed by atoms with Gasteiger partial charge in [-0.25, -0.2) is 9.18 Å². The van der Waals surface area contributed by atoms with E-state index in [0.29, 0.717) is 30.6 Å². The maximum atomic E-state index is 14.7. The fraction of sp³-hybridized carbons (Fsp3) is 0.417. The Morgan fingerprint density at radius 1 is 1.16 bits per heavy atom. The molecule has 0 spiro atoms. The van der Waals surface area contributed by atoms with Gasteiger partial charge in [0.25, 0.3) is 0 Å². The number of oxazole rings is 1. The van der Waals surface area contributed by atoms with Crippen LogP contribution >= 0.6 is 0 Å². The number of halogens is 1. The first kappa shape index (κ1) is 15.0. The SMILES string of the molecule is [2H]C([2H])([2H])c1ccc(C([2H])([2H])N2CC[C@@H](N3CCC(c4ccc5[nH]c(=O)oc5c4)CC3)C2=O)c(F)c1. The van der Waals surface area contributed by atoms with Gasteiger partial charge in [0, 0.05) is 22.7 Å². The van der Waals surface area contributed by atoms with Crippen molar-refractivity contribution < 1.29 is 20.5 Å². The van der Waals surface area contributed by atoms with Crippen LogP contribution in [-0.4, -0.2) is 46.4 Å². The second-order valence-electron chi connectivity index (χ2n) is 8.18. The normalized spacial score (nSPS) is 24.0. The number of piperidine rings is 1. The fourth-order valence-electron chi connectivity index (χ4n) is 4.63. The quantitative estimate of drug-likeness (QED) is 0.690. The van der Waals surface area contributed by atoms with Crippen molar-refractivity contribution in [1.82, 2.24) is 14.8 Å². The lowest BCUT2D eigenvalue weighted by molar-refractivity contribution is -0.133. The highest BCUT2D eigenvalue weighted by Gasteiger charge is 2.37. The average Bonchev–Trinajstić information content (AvgIpc) is 3.39. The monoisotopic (exact) mass is 428 g/mol. The smallest absolute Gasteiger partial charge is 0.408 e. The molecule has 1 amide bonds. The zero-order valence-corrected chi connectivity index (χ0v) is 16.9. The Bertz CT molecular complexity index is 1360. The van der Waals surface area contributed by atoms with E-state index >= 15 is 0 Å². The Hall–Kier alpha value is -2.93. The number of aryl methyl sites for hydroxylation is 1. The summed E-state index contributed by atoms with van der Waals surface area (Å²) in [6, 6.07) is 8.30. The Morgan fingerprint density at radius 2 is 2.00 bits per heavy atom. The maximum Gasteiger partial charge on any atom is 0.417 e. The van der Waals surface area contributed by atoms with Gasteiger partial charge >= 0.3 is 5.76 Å². The summed E-state index contributed by atoms with van der Waals surface area (Å²) in [6.45, 7) is -3.48. The van der Waals surface area contributed by atoms with Gasteiger partial charge in [-0.2, -0.15) is 0 Å². The number of hydrogen-bond donors (Lipinski definition) is 1. The van der Waals surface area contributed by atoms with Gasteiger partial charge in [-0.3, -0.25) is 14.7 Å². The van der Waals surface area contributed by atoms with Crippen LogP contribution < -0.4 is 5.76 Å². The van der Waals surface area contributed by atoms with E-state index in [9.17, 15) is 14.0 Å². The highest BCUT2D eigenvalue weighted by Crippen LogP contribution is 2.32. The predicted molar refractivity (Wildman–Crippen MR) is 115 cm³/mol. The van der Waals surface area contributed by atoms with E-state index in [1.54, 1.807) is 0 Å². The number of nitrogens with zero attached hydrogens (tertiary/aromatic N) is 2. The molecule has 5 rings (SSSR count). The number of amides is 1. The van der Waals surface area contributed by atoms with Crippen molar-refractivity contribution in [3.63, 3.8) is 0 Å². The molecule has 0 bridgehead atoms. The molecule has 0 radical (unpaired) electrons. The molecule has 2 aromatic carbocycles. The summed E-state index contributed by atoms with van der Waals surface area (Å²) >= 11 is 0. The highest BCUT2D eigenvalue weighted by molar-refractivity contribution is 5.84. The van der Waals surface area contributed by atoms with Gasteiger partial charge in [0.1, 0.15) is 5.82 Å². The van der Waals surface area contributed by atoms with Gasteiger partial charge in [0.05, 0.1) is 14.3 Å². The number of nitrogens with one attached hydrogen (secondary N) is 1. The largest absolute Gasteiger partial charge is 0.417 e. The van der Waals surface area contributed by atoms with Crippen LogP contribution in [0.5, 0.6) is 0 Å². The Morgan fingerprint density at radius 3 is 2.77 bits per heavy atom. The fourth-order valence-corrected chi connectivity index (χ4v) is 4.63. The number of aromatic amines is 1. The third-order valence-corrected chi connectivity index (χ3v) is 6.29. The molecule has 1 atom stereocenters. The van der Waals surface area contributed by atoms with Crippen LogP contribution in [0.2, 0.25) is 0 Å². The molecule has 0 aliphatic carbocycles. The molecule has 0 unspecified atom stereocenters. The highest BCUT2D eigenvalue weighted by atomic mass is 19.1. The van der Waals surface area contributed by atoms with E-state index < -0.39 is 36.9 Å². The molecule has 1 aromatic heterocycles. The van der Waals surface area contributed by atoms with E-state index in [1.165, 1.54) is 6.07 Å². The lowest BCUT2D eigenvalue weighted by atomic mass is 9.88. The Balaban J connectivity index is 1.26. The first-order valence-corrected chi connectivity index (χ1v) is 10.4. The molecule has 0 saturated carbocycles. The number of hydrogen-bond acceptors (Lipinski definition) is 4. The van der Waals surface area contributed by atoms with Gasteiger partial charge in [-0.05, 0) is 74.4 Å². The Kier molecular flexibility index (Phi) is 3.84. The summed E-state index contributed by atoms with van der Waals surface area (Å²) in [5.74, 6) is -1.63. The second-order valence-corrected chi connectivity index (χ2v) is 8.18. The first-order valence-electron chi connectivity index (χ1n) is 12.9. The van der Waals surface area contributed by atoms with Crippen LogP contribution in [0.25, 0.3) is 11.1 Å². The van der Waals surface area contributed by atoms with Crippen molar-refractivity contribution in [1.29, 1.82) is 0 Å². The molecule has 31 heavy (non-hydrogen) atoms. The number of carbonyl (C=O) groups excluding carboxylic acids is 1. The van der Waals surface area contributed by atoms with Crippen molar-refractivity contribution >= 4 is 17.0 Å². The summed E-state index contributed by atoms with van der Waals surface area (Å²) in [4.78, 5) is 30.4. The van der Waals surface area contributed by atoms with Crippen LogP contribution in [0.1, 0.15) is 48.7 Å². The van der Waals surface area contributed by atoms with Gasteiger partial charge in [0.15, 0.2) is 5.58 Å². The number of fused-ring (bicyclic) bond motifs is 1. The first-order chi connectivity index (χ1) is 16.9. The predicted octanol–water partition coefficient (Wildman–Crippen LogP) is 3.55. The molecule has 2 aliphatic rings. The summed E-state index contributed by atoms with van der Waals surface area (Å²) in [5.41, 5.74) is 1.66. The third kappa shape index (κ3) is 3.90. The number of benzene rings is 2. The van der Waals surface area contributed by atoms with E-state index in [4.69, 9.17) is 11.3 Å². The zero-order valence-electron chi connectivity index (χ0n) is 21.9. The summed E-state index contributed by atoms with van der Waals surface area (Å²) in [5, 5.41) is 0. The standard InChI is InChI=1S/C24H26FN3O3/c1-15-2-3-18(19(25)12-15)14-28-11-8-21(23(28)29)27-9-6-16(7-10-27)17-4-5-20-22(13-17)31-24(30)26-20/h2-5,12-13,16,21H,6-11,14H2,1H3,(H,26,30)/t21-/m1/s1/i1D3,14D2. The van der Waals surface area contributed by atoms with Gasteiger partial charge < -0.3 is 9.32 Å². The summed E-state index contributed by atoms with van der Waals surface area (Å²) < 4.78 is 59.2. The number of likely N-dealkylation sites (tertiary alicyclic amines) is 2. The Labute approximate surface area is 186 Å². The second kappa shape index (κ2) is 7.96. The molecule has 162 valence electrons. The van der Waals surface area contributed by atoms with Gasteiger partial charge in [0.2, 0.25) is 5.91 Å². The maximum absolute atomic E-state index is 14.7. The van der Waals surface area contributed by atoms with Crippen LogP contribution in [-0.2, 0) is 11.3 Å². The van der Waals surface area contributed by atoms with E-state index in [-0.39, 0.29) is 23.6 Å². The van der Waals surface area contributed by atoms with Crippen molar-refractivity contribution in [2.45, 2.75) is 44.6 Å². The number of H-pyrrole nitrogens is 1. The molecular weight excluding hydrogens is 397 g/mol. The molecule has 6 nitrogen and oxygen atoms in total. The van der Waals surface area contributed by atoms with Crippen LogP contribution in [0, 0.1) is 12.7 Å². The molecule has 1 N–H and O–H groups in total. The molecule has 2 aliphatic heterocycles. The number of carbonyl (C=O) groups is 1. The third-order valence-electron chi connectivity index (χ3n) is 6.29. The van der Waals surface area contributed by atoms with Crippen molar-refractivity contribution in [3.05, 3.63) is 69.5 Å². The van der Waals surface area contributed by atoms with Crippen LogP contribution in [0.15, 0.2) is 45.6 Å². The van der Waals surface area contributed by atoms with Crippen molar-refractivity contribution in [2.75, 3.05) is 19.6 Å². The van der Waals surface area contributed by atoms with E-state index in [2.05, 4.69) is 9.88 Å². The topological polar surface area (TPSA) is 69.6 Å². The molecule has 2 saturated heterocycles. The molecule has 7 heteroatoms. The minimum absolute atomic E-state index is 0.139. The lowest BCUT2D eigenvalue weighted by Gasteiger charge is -2.35. The number of rotatable bonds is 4.